The van der Waals surface area contributed by atoms with E-state index < -0.39 is 6.04 Å². The summed E-state index contributed by atoms with van der Waals surface area (Å²) < 4.78 is 0. The third-order valence-corrected chi connectivity index (χ3v) is 5.50. The Morgan fingerprint density at radius 3 is 2.24 bits per heavy atom. The first-order valence-electron chi connectivity index (χ1n) is 9.73. The Hall–Kier alpha value is -1.98. The SMILES string of the molecule is CCC(C(=O)NC(C)(C)C)N(Cc1ccccc1)C(=O)CSc1ccc(Cl)cc1. The predicted molar refractivity (Wildman–Crippen MR) is 121 cm³/mol. The van der Waals surface area contributed by atoms with Crippen molar-refractivity contribution in [3.63, 3.8) is 0 Å². The van der Waals surface area contributed by atoms with Crippen LogP contribution in [0.4, 0.5) is 0 Å². The number of hydrogen-bond donors (Lipinski definition) is 1. The molecule has 0 aliphatic heterocycles. The number of rotatable bonds is 8. The van der Waals surface area contributed by atoms with Crippen LogP contribution in [0.2, 0.25) is 5.02 Å². The highest BCUT2D eigenvalue weighted by Gasteiger charge is 2.30. The van der Waals surface area contributed by atoms with Crippen molar-refractivity contribution >= 4 is 35.2 Å². The molecule has 0 radical (unpaired) electrons. The zero-order chi connectivity index (χ0) is 21.4. The van der Waals surface area contributed by atoms with Gasteiger partial charge in [0.25, 0.3) is 0 Å². The molecule has 0 bridgehead atoms. The first kappa shape index (κ1) is 23.3. The molecule has 29 heavy (non-hydrogen) atoms. The van der Waals surface area contributed by atoms with Crippen molar-refractivity contribution in [1.29, 1.82) is 0 Å². The molecule has 0 aromatic heterocycles. The molecule has 156 valence electrons. The third kappa shape index (κ3) is 7.75. The lowest BCUT2D eigenvalue weighted by Gasteiger charge is -2.33. The second kappa shape index (κ2) is 10.7. The quantitative estimate of drug-likeness (QED) is 0.586. The van der Waals surface area contributed by atoms with Crippen LogP contribution >= 0.6 is 23.4 Å². The molecule has 0 spiro atoms. The lowest BCUT2D eigenvalue weighted by Crippen LogP contribution is -2.53. The van der Waals surface area contributed by atoms with Gasteiger partial charge in [-0.05, 0) is 57.0 Å². The van der Waals surface area contributed by atoms with E-state index >= 15 is 0 Å². The summed E-state index contributed by atoms with van der Waals surface area (Å²) in [5.74, 6) is 0.0683. The Morgan fingerprint density at radius 1 is 1.07 bits per heavy atom. The predicted octanol–water partition coefficient (Wildman–Crippen LogP) is 5.15. The minimum absolute atomic E-state index is 0.0651. The van der Waals surface area contributed by atoms with Crippen molar-refractivity contribution in [2.24, 2.45) is 0 Å². The molecule has 0 saturated heterocycles. The molecule has 0 aliphatic carbocycles. The number of benzene rings is 2. The highest BCUT2D eigenvalue weighted by atomic mass is 35.5. The lowest BCUT2D eigenvalue weighted by molar-refractivity contribution is -0.140. The van der Waals surface area contributed by atoms with Gasteiger partial charge in [0.2, 0.25) is 11.8 Å². The average Bonchev–Trinajstić information content (AvgIpc) is 2.66. The van der Waals surface area contributed by atoms with Crippen molar-refractivity contribution in [3.8, 4) is 0 Å². The normalized spacial score (nSPS) is 12.3. The summed E-state index contributed by atoms with van der Waals surface area (Å²) in [5, 5.41) is 3.68. The largest absolute Gasteiger partial charge is 0.350 e. The molecule has 2 rings (SSSR count). The standard InChI is InChI=1S/C23H29ClN2O2S/c1-5-20(22(28)25-23(2,3)4)26(15-17-9-7-6-8-10-17)21(27)16-29-19-13-11-18(24)12-14-19/h6-14,20H,5,15-16H2,1-4H3,(H,25,28). The van der Waals surface area contributed by atoms with E-state index in [0.717, 1.165) is 10.5 Å². The van der Waals surface area contributed by atoms with Crippen molar-refractivity contribution in [2.75, 3.05) is 5.75 Å². The molecule has 0 aliphatic rings. The molecule has 1 N–H and O–H groups in total. The summed E-state index contributed by atoms with van der Waals surface area (Å²) in [6.45, 7) is 8.16. The maximum atomic E-state index is 13.2. The molecular weight excluding hydrogens is 404 g/mol. The summed E-state index contributed by atoms with van der Waals surface area (Å²) in [5.41, 5.74) is 0.642. The van der Waals surface area contributed by atoms with E-state index in [4.69, 9.17) is 11.6 Å². The summed E-state index contributed by atoms with van der Waals surface area (Å²) >= 11 is 7.38. The Kier molecular flexibility index (Phi) is 8.60. The number of thioether (sulfide) groups is 1. The van der Waals surface area contributed by atoms with Crippen LogP contribution in [0, 0.1) is 0 Å². The van der Waals surface area contributed by atoms with Crippen molar-refractivity contribution in [1.82, 2.24) is 10.2 Å². The zero-order valence-electron chi connectivity index (χ0n) is 17.4. The maximum absolute atomic E-state index is 13.2. The third-order valence-electron chi connectivity index (χ3n) is 4.26. The average molecular weight is 433 g/mol. The highest BCUT2D eigenvalue weighted by molar-refractivity contribution is 8.00. The Balaban J connectivity index is 2.19. The minimum Gasteiger partial charge on any atom is -0.350 e. The first-order chi connectivity index (χ1) is 13.7. The Labute approximate surface area is 183 Å². The van der Waals surface area contributed by atoms with Gasteiger partial charge in [-0.3, -0.25) is 9.59 Å². The van der Waals surface area contributed by atoms with Crippen LogP contribution in [0.3, 0.4) is 0 Å². The van der Waals surface area contributed by atoms with Crippen LogP contribution in [0.15, 0.2) is 59.5 Å². The summed E-state index contributed by atoms with van der Waals surface area (Å²) in [6, 6.07) is 16.7. The fraction of sp³-hybridized carbons (Fsp3) is 0.391. The Morgan fingerprint density at radius 2 is 1.69 bits per heavy atom. The maximum Gasteiger partial charge on any atom is 0.243 e. The van der Waals surface area contributed by atoms with Gasteiger partial charge >= 0.3 is 0 Å². The molecule has 6 heteroatoms. The van der Waals surface area contributed by atoms with E-state index in [1.807, 2.05) is 82.3 Å². The molecule has 4 nitrogen and oxygen atoms in total. The van der Waals surface area contributed by atoms with Crippen LogP contribution < -0.4 is 5.32 Å². The van der Waals surface area contributed by atoms with Crippen LogP contribution in [-0.2, 0) is 16.1 Å². The van der Waals surface area contributed by atoms with Crippen molar-refractivity contribution < 1.29 is 9.59 Å². The smallest absolute Gasteiger partial charge is 0.243 e. The van der Waals surface area contributed by atoms with E-state index in [-0.39, 0.29) is 23.1 Å². The van der Waals surface area contributed by atoms with Gasteiger partial charge in [-0.15, -0.1) is 11.8 Å². The van der Waals surface area contributed by atoms with Crippen molar-refractivity contribution in [2.45, 2.75) is 57.1 Å². The highest BCUT2D eigenvalue weighted by Crippen LogP contribution is 2.22. The molecule has 0 heterocycles. The molecule has 2 aromatic rings. The van der Waals surface area contributed by atoms with Crippen LogP contribution in [0.1, 0.15) is 39.7 Å². The summed E-state index contributed by atoms with van der Waals surface area (Å²) in [7, 11) is 0. The van der Waals surface area contributed by atoms with Crippen LogP contribution in [-0.4, -0.2) is 34.0 Å². The van der Waals surface area contributed by atoms with E-state index in [1.54, 1.807) is 4.90 Å². The fourth-order valence-electron chi connectivity index (χ4n) is 2.91. The van der Waals surface area contributed by atoms with E-state index in [9.17, 15) is 9.59 Å². The molecule has 0 fully saturated rings. The van der Waals surface area contributed by atoms with Crippen LogP contribution in [0.5, 0.6) is 0 Å². The monoisotopic (exact) mass is 432 g/mol. The van der Waals surface area contributed by atoms with Gasteiger partial charge in [0.15, 0.2) is 0 Å². The fourth-order valence-corrected chi connectivity index (χ4v) is 3.82. The first-order valence-corrected chi connectivity index (χ1v) is 11.1. The van der Waals surface area contributed by atoms with Gasteiger partial charge < -0.3 is 10.2 Å². The number of carbonyl (C=O) groups is 2. The van der Waals surface area contributed by atoms with Gasteiger partial charge in [-0.1, -0.05) is 48.9 Å². The molecule has 1 atom stereocenters. The van der Waals surface area contributed by atoms with E-state index in [2.05, 4.69) is 5.32 Å². The van der Waals surface area contributed by atoms with Crippen molar-refractivity contribution in [3.05, 3.63) is 65.2 Å². The second-order valence-electron chi connectivity index (χ2n) is 7.91. The number of halogens is 1. The Bertz CT molecular complexity index is 804. The molecule has 1 unspecified atom stereocenters. The minimum atomic E-state index is -0.521. The topological polar surface area (TPSA) is 49.4 Å². The second-order valence-corrected chi connectivity index (χ2v) is 9.40. The molecular formula is C23H29ClN2O2S. The van der Waals surface area contributed by atoms with Gasteiger partial charge in [-0.2, -0.15) is 0 Å². The summed E-state index contributed by atoms with van der Waals surface area (Å²) in [4.78, 5) is 28.7. The van der Waals surface area contributed by atoms with Gasteiger partial charge in [-0.25, -0.2) is 0 Å². The number of nitrogens with one attached hydrogen (secondary N) is 1. The molecule has 0 saturated carbocycles. The lowest BCUT2D eigenvalue weighted by atomic mass is 10.1. The van der Waals surface area contributed by atoms with Gasteiger partial charge in [0.1, 0.15) is 6.04 Å². The zero-order valence-corrected chi connectivity index (χ0v) is 19.0. The number of hydrogen-bond acceptors (Lipinski definition) is 3. The number of nitrogens with zero attached hydrogens (tertiary/aromatic N) is 1. The van der Waals surface area contributed by atoms with E-state index in [0.29, 0.717) is 18.0 Å². The van der Waals surface area contributed by atoms with E-state index in [1.165, 1.54) is 11.8 Å². The molecule has 2 aromatic carbocycles. The summed E-state index contributed by atoms with van der Waals surface area (Å²) in [6.07, 6.45) is 0.548. The van der Waals surface area contributed by atoms with Crippen LogP contribution in [0.25, 0.3) is 0 Å². The molecule has 2 amide bonds. The number of carbonyl (C=O) groups excluding carboxylic acids is 2. The van der Waals surface area contributed by atoms with Gasteiger partial charge in [0, 0.05) is 22.0 Å². The van der Waals surface area contributed by atoms with Gasteiger partial charge in [0.05, 0.1) is 5.75 Å². The number of amides is 2.